The molecular weight excluding hydrogens is 290 g/mol. The fourth-order valence-electron chi connectivity index (χ4n) is 2.36. The Hall–Kier alpha value is -2.59. The third-order valence-electron chi connectivity index (χ3n) is 3.38. The molecule has 1 aliphatic heterocycles. The number of carbonyl (C=O) groups excluding carboxylic acids is 1. The number of amides is 1. The quantitative estimate of drug-likeness (QED) is 0.920. The maximum absolute atomic E-state index is 12.5. The van der Waals surface area contributed by atoms with E-state index in [0.29, 0.717) is 16.9 Å². The lowest BCUT2D eigenvalue weighted by Crippen LogP contribution is -2.22. The Morgan fingerprint density at radius 2 is 1.81 bits per heavy atom. The largest absolute Gasteiger partial charge is 0.478 e. The molecule has 0 bridgehead atoms. The number of fused-ring (bicyclic) bond motifs is 1. The second-order valence-electron chi connectivity index (χ2n) is 4.60. The van der Waals surface area contributed by atoms with Gasteiger partial charge in [-0.3, -0.25) is 9.69 Å². The van der Waals surface area contributed by atoms with Gasteiger partial charge >= 0.3 is 5.97 Å². The second-order valence-corrected chi connectivity index (χ2v) is 5.01. The Morgan fingerprint density at radius 1 is 1.14 bits per heavy atom. The standard InChI is InChI=1S/C16H10ClNO3/c1-9-11-4-2-3-5-12(11)15(19)18(9)14-7-6-10(16(20)21)8-13(14)17/h2-8H,1H2,(H,20,21). The number of halogens is 1. The van der Waals surface area contributed by atoms with Crippen LogP contribution in [0.15, 0.2) is 49.0 Å². The van der Waals surface area contributed by atoms with Crippen LogP contribution in [0.1, 0.15) is 26.3 Å². The van der Waals surface area contributed by atoms with Crippen LogP contribution in [-0.4, -0.2) is 17.0 Å². The zero-order valence-electron chi connectivity index (χ0n) is 10.8. The number of hydrogen-bond donors (Lipinski definition) is 1. The van der Waals surface area contributed by atoms with Crippen molar-refractivity contribution in [3.8, 4) is 0 Å². The van der Waals surface area contributed by atoms with Gasteiger partial charge in [0.1, 0.15) is 0 Å². The van der Waals surface area contributed by atoms with E-state index in [-0.39, 0.29) is 16.5 Å². The molecule has 2 aromatic carbocycles. The maximum Gasteiger partial charge on any atom is 0.335 e. The minimum Gasteiger partial charge on any atom is -0.478 e. The van der Waals surface area contributed by atoms with Crippen LogP contribution in [0.4, 0.5) is 5.69 Å². The number of rotatable bonds is 2. The lowest BCUT2D eigenvalue weighted by molar-refractivity contribution is 0.0696. The summed E-state index contributed by atoms with van der Waals surface area (Å²) in [7, 11) is 0. The van der Waals surface area contributed by atoms with Gasteiger partial charge in [-0.25, -0.2) is 4.79 Å². The predicted octanol–water partition coefficient (Wildman–Crippen LogP) is 3.67. The first-order valence-corrected chi connectivity index (χ1v) is 6.54. The molecule has 1 aliphatic rings. The molecule has 0 spiro atoms. The Labute approximate surface area is 125 Å². The first-order chi connectivity index (χ1) is 10.0. The van der Waals surface area contributed by atoms with E-state index in [1.54, 1.807) is 12.1 Å². The van der Waals surface area contributed by atoms with Crippen LogP contribution in [-0.2, 0) is 0 Å². The number of nitrogens with zero attached hydrogens (tertiary/aromatic N) is 1. The van der Waals surface area contributed by atoms with Gasteiger partial charge in [-0.2, -0.15) is 0 Å². The minimum absolute atomic E-state index is 0.0681. The van der Waals surface area contributed by atoms with Gasteiger partial charge in [0, 0.05) is 11.1 Å². The van der Waals surface area contributed by atoms with Gasteiger partial charge in [-0.05, 0) is 24.3 Å². The third kappa shape index (κ3) is 2.00. The molecule has 0 radical (unpaired) electrons. The summed E-state index contributed by atoms with van der Waals surface area (Å²) in [6.07, 6.45) is 0. The summed E-state index contributed by atoms with van der Waals surface area (Å²) in [6.45, 7) is 3.93. The van der Waals surface area contributed by atoms with Crippen molar-refractivity contribution in [3.05, 3.63) is 70.8 Å². The summed E-state index contributed by atoms with van der Waals surface area (Å²) in [6, 6.07) is 11.4. The molecule has 104 valence electrons. The van der Waals surface area contributed by atoms with E-state index >= 15 is 0 Å². The van der Waals surface area contributed by atoms with E-state index in [4.69, 9.17) is 16.7 Å². The fourth-order valence-corrected chi connectivity index (χ4v) is 2.63. The van der Waals surface area contributed by atoms with Gasteiger partial charge in [-0.1, -0.05) is 36.4 Å². The molecule has 0 atom stereocenters. The lowest BCUT2D eigenvalue weighted by Gasteiger charge is -2.19. The monoisotopic (exact) mass is 299 g/mol. The number of anilines is 1. The molecule has 1 heterocycles. The molecule has 2 aromatic rings. The van der Waals surface area contributed by atoms with Crippen LogP contribution in [0.25, 0.3) is 5.70 Å². The second kappa shape index (κ2) is 4.75. The Kier molecular flexibility index (Phi) is 3.03. The van der Waals surface area contributed by atoms with E-state index in [9.17, 15) is 9.59 Å². The van der Waals surface area contributed by atoms with Crippen molar-refractivity contribution in [2.75, 3.05) is 4.90 Å². The van der Waals surface area contributed by atoms with Crippen molar-refractivity contribution in [1.82, 2.24) is 0 Å². The molecule has 3 rings (SSSR count). The fraction of sp³-hybridized carbons (Fsp3) is 0. The van der Waals surface area contributed by atoms with E-state index in [1.807, 2.05) is 12.1 Å². The summed E-state index contributed by atoms with van der Waals surface area (Å²) in [5.74, 6) is -1.29. The van der Waals surface area contributed by atoms with Gasteiger partial charge in [0.2, 0.25) is 0 Å². The predicted molar refractivity (Wildman–Crippen MR) is 80.7 cm³/mol. The van der Waals surface area contributed by atoms with Crippen LogP contribution in [0.2, 0.25) is 5.02 Å². The minimum atomic E-state index is -1.07. The van der Waals surface area contributed by atoms with E-state index in [2.05, 4.69) is 6.58 Å². The molecule has 0 unspecified atom stereocenters. The van der Waals surface area contributed by atoms with E-state index in [0.717, 1.165) is 5.56 Å². The van der Waals surface area contributed by atoms with Crippen molar-refractivity contribution in [2.24, 2.45) is 0 Å². The van der Waals surface area contributed by atoms with E-state index in [1.165, 1.54) is 23.1 Å². The molecule has 0 aromatic heterocycles. The Balaban J connectivity index is 2.09. The summed E-state index contributed by atoms with van der Waals surface area (Å²) < 4.78 is 0. The molecule has 4 nitrogen and oxygen atoms in total. The molecule has 0 saturated carbocycles. The van der Waals surface area contributed by atoms with Crippen LogP contribution < -0.4 is 4.90 Å². The van der Waals surface area contributed by atoms with Gasteiger partial charge in [0.05, 0.1) is 22.0 Å². The number of aromatic carboxylic acids is 1. The number of carbonyl (C=O) groups is 2. The van der Waals surface area contributed by atoms with Gasteiger partial charge in [0.15, 0.2) is 0 Å². The lowest BCUT2D eigenvalue weighted by atomic mass is 10.1. The number of carboxylic acids is 1. The number of benzene rings is 2. The zero-order valence-corrected chi connectivity index (χ0v) is 11.6. The van der Waals surface area contributed by atoms with Crippen LogP contribution in [0.5, 0.6) is 0 Å². The highest BCUT2D eigenvalue weighted by Gasteiger charge is 2.33. The van der Waals surface area contributed by atoms with Crippen molar-refractivity contribution in [3.63, 3.8) is 0 Å². The van der Waals surface area contributed by atoms with Crippen molar-refractivity contribution in [2.45, 2.75) is 0 Å². The summed E-state index contributed by atoms with van der Waals surface area (Å²) in [5.41, 5.74) is 2.33. The normalized spacial score (nSPS) is 13.5. The molecule has 5 heteroatoms. The first kappa shape index (κ1) is 13.4. The molecule has 1 amide bonds. The topological polar surface area (TPSA) is 57.6 Å². The van der Waals surface area contributed by atoms with Crippen LogP contribution >= 0.6 is 11.6 Å². The van der Waals surface area contributed by atoms with Crippen molar-refractivity contribution >= 4 is 34.9 Å². The zero-order chi connectivity index (χ0) is 15.1. The van der Waals surface area contributed by atoms with Crippen LogP contribution in [0.3, 0.4) is 0 Å². The maximum atomic E-state index is 12.5. The molecule has 0 fully saturated rings. The number of hydrogen-bond acceptors (Lipinski definition) is 2. The summed E-state index contributed by atoms with van der Waals surface area (Å²) >= 11 is 6.13. The third-order valence-corrected chi connectivity index (χ3v) is 3.68. The first-order valence-electron chi connectivity index (χ1n) is 6.16. The van der Waals surface area contributed by atoms with E-state index < -0.39 is 5.97 Å². The molecule has 1 N–H and O–H groups in total. The highest BCUT2D eigenvalue weighted by molar-refractivity contribution is 6.36. The summed E-state index contributed by atoms with van der Waals surface area (Å²) in [5, 5.41) is 9.15. The highest BCUT2D eigenvalue weighted by atomic mass is 35.5. The van der Waals surface area contributed by atoms with Crippen LogP contribution in [0, 0.1) is 0 Å². The van der Waals surface area contributed by atoms with Crippen molar-refractivity contribution < 1.29 is 14.7 Å². The Bertz CT molecular complexity index is 763. The van der Waals surface area contributed by atoms with Gasteiger partial charge in [0.25, 0.3) is 5.91 Å². The molecule has 0 saturated heterocycles. The Morgan fingerprint density at radius 3 is 2.38 bits per heavy atom. The highest BCUT2D eigenvalue weighted by Crippen LogP contribution is 2.39. The molecule has 21 heavy (non-hydrogen) atoms. The average molecular weight is 300 g/mol. The average Bonchev–Trinajstić information content (AvgIpc) is 2.72. The number of carboxylic acid groups (broad SMARTS) is 1. The summed E-state index contributed by atoms with van der Waals surface area (Å²) in [4.78, 5) is 24.8. The SMILES string of the molecule is C=C1c2ccccc2C(=O)N1c1ccc(C(=O)O)cc1Cl. The van der Waals surface area contributed by atoms with Gasteiger partial charge < -0.3 is 5.11 Å². The van der Waals surface area contributed by atoms with Crippen molar-refractivity contribution in [1.29, 1.82) is 0 Å². The molecular formula is C16H10ClNO3. The molecule has 0 aliphatic carbocycles. The smallest absolute Gasteiger partial charge is 0.335 e. The van der Waals surface area contributed by atoms with Gasteiger partial charge in [-0.15, -0.1) is 0 Å².